The zero-order valence-electron chi connectivity index (χ0n) is 14.4. The molecule has 5 heteroatoms. The van der Waals surface area contributed by atoms with Crippen LogP contribution in [0.3, 0.4) is 0 Å². The molecule has 0 aliphatic heterocycles. The van der Waals surface area contributed by atoms with Gasteiger partial charge in [0.05, 0.1) is 0 Å². The number of carbonyl (C=O) groups excluding carboxylic acids is 1. The Labute approximate surface area is 151 Å². The highest BCUT2D eigenvalue weighted by atomic mass is 79.9. The van der Waals surface area contributed by atoms with Gasteiger partial charge in [-0.05, 0) is 61.2 Å². The standard InChI is InChI=1S/C19H23BrN2O2/c1-12(2)15-5-8-17(9-6-15)24-14(4)21-19(23)22-16-7-10-18(20)13(3)11-16/h5-12,14H,1-4H3,(H2,21,22,23). The molecule has 4 nitrogen and oxygen atoms in total. The van der Waals surface area contributed by atoms with Crippen LogP contribution in [0.4, 0.5) is 10.5 Å². The van der Waals surface area contributed by atoms with Crippen LogP contribution in [-0.2, 0) is 0 Å². The summed E-state index contributed by atoms with van der Waals surface area (Å²) in [7, 11) is 0. The van der Waals surface area contributed by atoms with Gasteiger partial charge in [0.15, 0.2) is 6.23 Å². The zero-order valence-corrected chi connectivity index (χ0v) is 16.0. The molecule has 2 aromatic carbocycles. The lowest BCUT2D eigenvalue weighted by atomic mass is 10.0. The summed E-state index contributed by atoms with van der Waals surface area (Å²) in [4.78, 5) is 12.0. The molecule has 2 amide bonds. The minimum absolute atomic E-state index is 0.303. The maximum Gasteiger partial charge on any atom is 0.322 e. The molecule has 0 heterocycles. The third kappa shape index (κ3) is 5.27. The van der Waals surface area contributed by atoms with E-state index in [4.69, 9.17) is 4.74 Å². The number of aryl methyl sites for hydroxylation is 1. The van der Waals surface area contributed by atoms with Crippen molar-refractivity contribution in [3.8, 4) is 5.75 Å². The largest absolute Gasteiger partial charge is 0.471 e. The Balaban J connectivity index is 1.87. The van der Waals surface area contributed by atoms with Crippen LogP contribution in [0.15, 0.2) is 46.9 Å². The number of benzene rings is 2. The summed E-state index contributed by atoms with van der Waals surface area (Å²) in [5.41, 5.74) is 3.05. The first-order chi connectivity index (χ1) is 11.3. The molecule has 0 saturated carbocycles. The van der Waals surface area contributed by atoms with Crippen LogP contribution in [0, 0.1) is 6.92 Å². The van der Waals surface area contributed by atoms with E-state index < -0.39 is 6.23 Å². The van der Waals surface area contributed by atoms with Crippen molar-refractivity contribution in [2.75, 3.05) is 5.32 Å². The Kier molecular flexibility index (Phi) is 6.26. The molecule has 0 radical (unpaired) electrons. The van der Waals surface area contributed by atoms with Crippen molar-refractivity contribution in [1.29, 1.82) is 0 Å². The fourth-order valence-electron chi connectivity index (χ4n) is 2.24. The van der Waals surface area contributed by atoms with Gasteiger partial charge in [0.2, 0.25) is 0 Å². The molecule has 2 rings (SSSR count). The normalized spacial score (nSPS) is 11.9. The smallest absolute Gasteiger partial charge is 0.322 e. The molecule has 0 saturated heterocycles. The summed E-state index contributed by atoms with van der Waals surface area (Å²) in [6.07, 6.45) is -0.438. The maximum absolute atomic E-state index is 12.0. The summed E-state index contributed by atoms with van der Waals surface area (Å²) in [5.74, 6) is 1.21. The van der Waals surface area contributed by atoms with Crippen LogP contribution < -0.4 is 15.4 Å². The number of nitrogens with one attached hydrogen (secondary N) is 2. The Morgan fingerprint density at radius 2 is 1.75 bits per heavy atom. The van der Waals surface area contributed by atoms with Gasteiger partial charge in [0, 0.05) is 10.2 Å². The Morgan fingerprint density at radius 1 is 1.08 bits per heavy atom. The van der Waals surface area contributed by atoms with E-state index in [1.807, 2.05) is 49.4 Å². The van der Waals surface area contributed by atoms with Crippen molar-refractivity contribution in [2.45, 2.75) is 39.8 Å². The van der Waals surface area contributed by atoms with Crippen molar-refractivity contribution >= 4 is 27.6 Å². The Morgan fingerprint density at radius 3 is 2.33 bits per heavy atom. The Hall–Kier alpha value is -2.01. The Bertz CT molecular complexity index is 699. The van der Waals surface area contributed by atoms with E-state index in [-0.39, 0.29) is 6.03 Å². The highest BCUT2D eigenvalue weighted by Gasteiger charge is 2.09. The highest BCUT2D eigenvalue weighted by molar-refractivity contribution is 9.10. The molecule has 1 atom stereocenters. The first-order valence-electron chi connectivity index (χ1n) is 7.95. The summed E-state index contributed by atoms with van der Waals surface area (Å²) >= 11 is 3.44. The van der Waals surface area contributed by atoms with E-state index in [0.717, 1.165) is 21.5 Å². The number of rotatable bonds is 5. The molecule has 2 N–H and O–H groups in total. The summed E-state index contributed by atoms with van der Waals surface area (Å²) in [6, 6.07) is 13.3. The van der Waals surface area contributed by atoms with E-state index in [9.17, 15) is 4.79 Å². The van der Waals surface area contributed by atoms with Crippen molar-refractivity contribution < 1.29 is 9.53 Å². The van der Waals surface area contributed by atoms with Crippen LogP contribution in [0.25, 0.3) is 0 Å². The first kappa shape index (κ1) is 18.3. The second kappa shape index (κ2) is 8.20. The lowest BCUT2D eigenvalue weighted by molar-refractivity contribution is 0.183. The van der Waals surface area contributed by atoms with Crippen molar-refractivity contribution in [3.05, 3.63) is 58.1 Å². The topological polar surface area (TPSA) is 50.4 Å². The number of amides is 2. The molecule has 1 unspecified atom stereocenters. The van der Waals surface area contributed by atoms with Crippen LogP contribution in [0.1, 0.15) is 37.8 Å². The van der Waals surface area contributed by atoms with Crippen LogP contribution in [0.2, 0.25) is 0 Å². The minimum atomic E-state index is -0.438. The van der Waals surface area contributed by atoms with E-state index in [0.29, 0.717) is 5.92 Å². The molecule has 0 bridgehead atoms. The van der Waals surface area contributed by atoms with E-state index in [2.05, 4.69) is 40.4 Å². The third-order valence-electron chi connectivity index (χ3n) is 3.61. The second-order valence-electron chi connectivity index (χ2n) is 6.05. The maximum atomic E-state index is 12.0. The van der Waals surface area contributed by atoms with Gasteiger partial charge in [0.1, 0.15) is 5.75 Å². The molecule has 2 aromatic rings. The number of carbonyl (C=O) groups is 1. The van der Waals surface area contributed by atoms with E-state index >= 15 is 0 Å². The van der Waals surface area contributed by atoms with Gasteiger partial charge in [-0.15, -0.1) is 0 Å². The molecule has 0 aliphatic rings. The van der Waals surface area contributed by atoms with E-state index in [1.165, 1.54) is 5.56 Å². The molecule has 0 aliphatic carbocycles. The number of anilines is 1. The van der Waals surface area contributed by atoms with Gasteiger partial charge in [0.25, 0.3) is 0 Å². The number of hydrogen-bond acceptors (Lipinski definition) is 2. The first-order valence-corrected chi connectivity index (χ1v) is 8.74. The molecule has 0 aromatic heterocycles. The number of hydrogen-bond donors (Lipinski definition) is 2. The molecular weight excluding hydrogens is 368 g/mol. The van der Waals surface area contributed by atoms with Gasteiger partial charge >= 0.3 is 6.03 Å². The van der Waals surface area contributed by atoms with Gasteiger partial charge < -0.3 is 15.4 Å². The van der Waals surface area contributed by atoms with Crippen LogP contribution in [-0.4, -0.2) is 12.3 Å². The number of urea groups is 1. The van der Waals surface area contributed by atoms with Gasteiger partial charge in [-0.3, -0.25) is 0 Å². The van der Waals surface area contributed by atoms with Crippen LogP contribution >= 0.6 is 15.9 Å². The molecule has 24 heavy (non-hydrogen) atoms. The number of ether oxygens (including phenoxy) is 1. The molecular formula is C19H23BrN2O2. The fourth-order valence-corrected chi connectivity index (χ4v) is 2.49. The minimum Gasteiger partial charge on any atom is -0.471 e. The predicted octanol–water partition coefficient (Wildman–Crippen LogP) is 5.43. The summed E-state index contributed by atoms with van der Waals surface area (Å²) in [6.45, 7) is 8.06. The second-order valence-corrected chi connectivity index (χ2v) is 6.90. The summed E-state index contributed by atoms with van der Waals surface area (Å²) < 4.78 is 6.73. The van der Waals surface area contributed by atoms with Crippen molar-refractivity contribution in [2.24, 2.45) is 0 Å². The third-order valence-corrected chi connectivity index (χ3v) is 4.50. The zero-order chi connectivity index (χ0) is 17.7. The molecule has 128 valence electrons. The van der Waals surface area contributed by atoms with Crippen molar-refractivity contribution in [3.63, 3.8) is 0 Å². The number of halogens is 1. The van der Waals surface area contributed by atoms with Gasteiger partial charge in [-0.1, -0.05) is 41.9 Å². The fraction of sp³-hybridized carbons (Fsp3) is 0.316. The van der Waals surface area contributed by atoms with Crippen LogP contribution in [0.5, 0.6) is 5.75 Å². The average Bonchev–Trinajstić information content (AvgIpc) is 2.51. The predicted molar refractivity (Wildman–Crippen MR) is 102 cm³/mol. The van der Waals surface area contributed by atoms with Crippen molar-refractivity contribution in [1.82, 2.24) is 5.32 Å². The average molecular weight is 391 g/mol. The van der Waals surface area contributed by atoms with Gasteiger partial charge in [-0.25, -0.2) is 4.79 Å². The molecule has 0 fully saturated rings. The quantitative estimate of drug-likeness (QED) is 0.668. The molecule has 0 spiro atoms. The SMILES string of the molecule is Cc1cc(NC(=O)NC(C)Oc2ccc(C(C)C)cc2)ccc1Br. The van der Waals surface area contributed by atoms with Gasteiger partial charge in [-0.2, -0.15) is 0 Å². The monoisotopic (exact) mass is 390 g/mol. The highest BCUT2D eigenvalue weighted by Crippen LogP contribution is 2.20. The lowest BCUT2D eigenvalue weighted by Crippen LogP contribution is -2.39. The summed E-state index contributed by atoms with van der Waals surface area (Å²) in [5, 5.41) is 5.56. The lowest BCUT2D eigenvalue weighted by Gasteiger charge is -2.17. The van der Waals surface area contributed by atoms with E-state index in [1.54, 1.807) is 6.92 Å².